The van der Waals surface area contributed by atoms with Crippen LogP contribution in [-0.2, 0) is 11.3 Å². The van der Waals surface area contributed by atoms with Crippen molar-refractivity contribution in [3.63, 3.8) is 0 Å². The van der Waals surface area contributed by atoms with Gasteiger partial charge in [0.15, 0.2) is 0 Å². The summed E-state index contributed by atoms with van der Waals surface area (Å²) in [6.07, 6.45) is 1.67. The number of aryl methyl sites for hydroxylation is 2. The molecule has 4 rings (SSSR count). The van der Waals surface area contributed by atoms with Crippen molar-refractivity contribution in [2.45, 2.75) is 20.4 Å². The molecular weight excluding hydrogens is 422 g/mol. The van der Waals surface area contributed by atoms with E-state index in [0.29, 0.717) is 16.2 Å². The molecule has 2 amide bonds. The molecule has 0 saturated carbocycles. The second kappa shape index (κ2) is 9.24. The molecule has 1 heterocycles. The van der Waals surface area contributed by atoms with Crippen molar-refractivity contribution >= 4 is 35.0 Å². The third-order valence-electron chi connectivity index (χ3n) is 4.97. The third kappa shape index (κ3) is 4.98. The minimum atomic E-state index is -0.435. The van der Waals surface area contributed by atoms with Gasteiger partial charge in [-0.15, -0.1) is 0 Å². The molecule has 160 valence electrons. The predicted molar refractivity (Wildman–Crippen MR) is 125 cm³/mol. The van der Waals surface area contributed by atoms with Crippen molar-refractivity contribution in [1.82, 2.24) is 4.90 Å². The normalized spacial score (nSPS) is 14.8. The van der Waals surface area contributed by atoms with E-state index in [-0.39, 0.29) is 17.7 Å². The lowest BCUT2D eigenvalue weighted by Crippen LogP contribution is -2.27. The number of imide groups is 1. The summed E-state index contributed by atoms with van der Waals surface area (Å²) in [4.78, 5) is 39.0. The molecule has 1 aliphatic heterocycles. The summed E-state index contributed by atoms with van der Waals surface area (Å²) in [7, 11) is 0. The first-order chi connectivity index (χ1) is 15.4. The van der Waals surface area contributed by atoms with Gasteiger partial charge in [-0.2, -0.15) is 0 Å². The first-order valence-electron chi connectivity index (χ1n) is 10.1. The zero-order chi connectivity index (χ0) is 22.7. The van der Waals surface area contributed by atoms with Gasteiger partial charge >= 0.3 is 5.97 Å². The van der Waals surface area contributed by atoms with Crippen molar-refractivity contribution in [1.29, 1.82) is 0 Å². The van der Waals surface area contributed by atoms with E-state index in [9.17, 15) is 14.4 Å². The second-order valence-corrected chi connectivity index (χ2v) is 8.57. The third-order valence-corrected chi connectivity index (χ3v) is 5.88. The lowest BCUT2D eigenvalue weighted by atomic mass is 10.1. The number of thioether (sulfide) groups is 1. The number of carbonyl (C=O) groups excluding carboxylic acids is 3. The van der Waals surface area contributed by atoms with Crippen molar-refractivity contribution < 1.29 is 19.1 Å². The minimum absolute atomic E-state index is 0.248. The quantitative estimate of drug-likeness (QED) is 0.285. The Bertz CT molecular complexity index is 1210. The van der Waals surface area contributed by atoms with Crippen molar-refractivity contribution in [3.05, 3.63) is 106 Å². The van der Waals surface area contributed by atoms with Gasteiger partial charge in [-0.25, -0.2) is 4.79 Å². The first kappa shape index (κ1) is 21.6. The molecule has 32 heavy (non-hydrogen) atoms. The molecule has 0 radical (unpaired) electrons. The van der Waals surface area contributed by atoms with Crippen LogP contribution in [0.4, 0.5) is 4.79 Å². The van der Waals surface area contributed by atoms with Gasteiger partial charge in [-0.05, 0) is 67.1 Å². The van der Waals surface area contributed by atoms with Crippen molar-refractivity contribution in [3.8, 4) is 5.75 Å². The molecule has 0 spiro atoms. The van der Waals surface area contributed by atoms with Gasteiger partial charge in [0, 0.05) is 0 Å². The topological polar surface area (TPSA) is 63.7 Å². The Hall–Kier alpha value is -3.64. The fourth-order valence-corrected chi connectivity index (χ4v) is 4.11. The average Bonchev–Trinajstić information content (AvgIpc) is 3.03. The molecule has 0 N–H and O–H groups in total. The Kier molecular flexibility index (Phi) is 6.23. The van der Waals surface area contributed by atoms with E-state index in [0.717, 1.165) is 34.0 Å². The fourth-order valence-electron chi connectivity index (χ4n) is 3.27. The van der Waals surface area contributed by atoms with Crippen LogP contribution in [0.5, 0.6) is 5.75 Å². The number of nitrogens with zero attached hydrogens (tertiary/aromatic N) is 1. The molecule has 3 aromatic carbocycles. The van der Waals surface area contributed by atoms with Crippen molar-refractivity contribution in [2.24, 2.45) is 0 Å². The van der Waals surface area contributed by atoms with E-state index in [1.807, 2.05) is 50.2 Å². The van der Waals surface area contributed by atoms with Crippen molar-refractivity contribution in [2.75, 3.05) is 0 Å². The number of hydrogen-bond acceptors (Lipinski definition) is 5. The van der Waals surface area contributed by atoms with Gasteiger partial charge in [-0.1, -0.05) is 59.7 Å². The Morgan fingerprint density at radius 1 is 0.938 bits per heavy atom. The van der Waals surface area contributed by atoms with Gasteiger partial charge in [0.25, 0.3) is 11.1 Å². The molecule has 3 aromatic rings. The molecule has 0 atom stereocenters. The SMILES string of the molecule is Cc1ccc(C(=O)Oc2ccc(/C=C3\SC(=O)N(Cc4cccc(C)c4)C3=O)cc2)cc1. The maximum absolute atomic E-state index is 12.7. The molecule has 0 aliphatic carbocycles. The average molecular weight is 444 g/mol. The second-order valence-electron chi connectivity index (χ2n) is 7.58. The summed E-state index contributed by atoms with van der Waals surface area (Å²) < 4.78 is 5.40. The van der Waals surface area contributed by atoms with Gasteiger partial charge in [0.05, 0.1) is 17.0 Å². The van der Waals surface area contributed by atoms with Crippen LogP contribution >= 0.6 is 11.8 Å². The van der Waals surface area contributed by atoms with Gasteiger partial charge in [0.2, 0.25) is 0 Å². The summed E-state index contributed by atoms with van der Waals surface area (Å²) in [5, 5.41) is -0.286. The highest BCUT2D eigenvalue weighted by Gasteiger charge is 2.34. The van der Waals surface area contributed by atoms with Crippen LogP contribution in [0, 0.1) is 13.8 Å². The van der Waals surface area contributed by atoms with Gasteiger partial charge < -0.3 is 4.74 Å². The van der Waals surface area contributed by atoms with E-state index in [1.165, 1.54) is 4.90 Å². The molecule has 1 fully saturated rings. The van der Waals surface area contributed by atoms with E-state index in [2.05, 4.69) is 0 Å². The summed E-state index contributed by atoms with van der Waals surface area (Å²) in [5.74, 6) is -0.341. The number of ether oxygens (including phenoxy) is 1. The molecule has 5 nitrogen and oxygen atoms in total. The van der Waals surface area contributed by atoms with Gasteiger partial charge in [0.1, 0.15) is 5.75 Å². The van der Waals surface area contributed by atoms with E-state index in [1.54, 1.807) is 42.5 Å². The maximum atomic E-state index is 12.7. The molecule has 6 heteroatoms. The molecular formula is C26H21NO4S. The molecule has 0 unspecified atom stereocenters. The zero-order valence-corrected chi connectivity index (χ0v) is 18.5. The minimum Gasteiger partial charge on any atom is -0.423 e. The highest BCUT2D eigenvalue weighted by Crippen LogP contribution is 2.33. The van der Waals surface area contributed by atoms with E-state index < -0.39 is 5.97 Å². The highest BCUT2D eigenvalue weighted by atomic mass is 32.2. The Labute approximate surface area is 190 Å². The summed E-state index contributed by atoms with van der Waals surface area (Å²) in [6.45, 7) is 4.17. The zero-order valence-electron chi connectivity index (χ0n) is 17.7. The number of amides is 2. The fraction of sp³-hybridized carbons (Fsp3) is 0.115. The van der Waals surface area contributed by atoms with Crippen LogP contribution < -0.4 is 4.74 Å². The molecule has 1 saturated heterocycles. The number of carbonyl (C=O) groups is 3. The van der Waals surface area contributed by atoms with Crippen LogP contribution in [0.15, 0.2) is 77.7 Å². The Morgan fingerprint density at radius 3 is 2.34 bits per heavy atom. The highest BCUT2D eigenvalue weighted by molar-refractivity contribution is 8.18. The first-order valence-corrected chi connectivity index (χ1v) is 10.9. The summed E-state index contributed by atoms with van der Waals surface area (Å²) in [5.41, 5.74) is 4.26. The molecule has 1 aliphatic rings. The lowest BCUT2D eigenvalue weighted by molar-refractivity contribution is -0.123. The number of benzene rings is 3. The number of hydrogen-bond donors (Lipinski definition) is 0. The van der Waals surface area contributed by atoms with Crippen LogP contribution in [-0.4, -0.2) is 22.0 Å². The lowest BCUT2D eigenvalue weighted by Gasteiger charge is -2.12. The van der Waals surface area contributed by atoms with Crippen LogP contribution in [0.25, 0.3) is 6.08 Å². The Morgan fingerprint density at radius 2 is 1.66 bits per heavy atom. The Balaban J connectivity index is 1.43. The monoisotopic (exact) mass is 443 g/mol. The predicted octanol–water partition coefficient (Wildman–Crippen LogP) is 5.76. The van der Waals surface area contributed by atoms with Crippen LogP contribution in [0.1, 0.15) is 32.6 Å². The van der Waals surface area contributed by atoms with Crippen LogP contribution in [0.2, 0.25) is 0 Å². The maximum Gasteiger partial charge on any atom is 0.343 e. The number of rotatable bonds is 5. The summed E-state index contributed by atoms with van der Waals surface area (Å²) in [6, 6.07) is 21.7. The van der Waals surface area contributed by atoms with E-state index >= 15 is 0 Å². The largest absolute Gasteiger partial charge is 0.423 e. The summed E-state index contributed by atoms with van der Waals surface area (Å²) >= 11 is 0.926. The van der Waals surface area contributed by atoms with E-state index in [4.69, 9.17) is 4.74 Å². The van der Waals surface area contributed by atoms with Crippen LogP contribution in [0.3, 0.4) is 0 Å². The molecule has 0 aromatic heterocycles. The smallest absolute Gasteiger partial charge is 0.343 e. The van der Waals surface area contributed by atoms with Gasteiger partial charge in [-0.3, -0.25) is 14.5 Å². The molecule has 0 bridgehead atoms. The standard InChI is InChI=1S/C26H21NO4S/c1-17-6-10-21(11-7-17)25(29)31-22-12-8-19(9-13-22)15-23-24(28)27(26(30)32-23)16-20-5-3-4-18(2)14-20/h3-15H,16H2,1-2H3/b23-15-. The number of esters is 1.